The van der Waals surface area contributed by atoms with Gasteiger partial charge in [-0.3, -0.25) is 4.90 Å². The normalized spacial score (nSPS) is 15.7. The molecule has 2 aromatic carbocycles. The van der Waals surface area contributed by atoms with Crippen LogP contribution in [0.1, 0.15) is 42.4 Å². The van der Waals surface area contributed by atoms with Crippen LogP contribution in [0.25, 0.3) is 0 Å². The minimum absolute atomic E-state index is 0.226. The molecule has 1 atom stereocenters. The Labute approximate surface area is 161 Å². The summed E-state index contributed by atoms with van der Waals surface area (Å²) in [5.41, 5.74) is 4.21. The minimum Gasteiger partial charge on any atom is -0.288 e. The molecule has 4 rings (SSSR count). The van der Waals surface area contributed by atoms with E-state index in [9.17, 15) is 0 Å². The van der Waals surface area contributed by atoms with Gasteiger partial charge >= 0.3 is 0 Å². The monoisotopic (exact) mass is 361 g/mol. The second-order valence-corrected chi connectivity index (χ2v) is 7.67. The molecule has 0 saturated carbocycles. The molecule has 1 aliphatic rings. The van der Waals surface area contributed by atoms with Crippen molar-refractivity contribution in [3.05, 3.63) is 77.1 Å². The van der Waals surface area contributed by atoms with Gasteiger partial charge in [0.05, 0.1) is 6.04 Å². The lowest BCUT2D eigenvalue weighted by Crippen LogP contribution is -2.38. The molecule has 1 aromatic heterocycles. The Morgan fingerprint density at radius 1 is 0.963 bits per heavy atom. The number of tetrazole rings is 1. The first-order valence-electron chi connectivity index (χ1n) is 9.83. The average Bonchev–Trinajstić information content (AvgIpc) is 3.15. The van der Waals surface area contributed by atoms with Crippen molar-refractivity contribution in [2.45, 2.75) is 45.8 Å². The van der Waals surface area contributed by atoms with Gasteiger partial charge in [-0.15, -0.1) is 5.10 Å². The fourth-order valence-corrected chi connectivity index (χ4v) is 4.10. The summed E-state index contributed by atoms with van der Waals surface area (Å²) in [4.78, 5) is 2.54. The number of aromatic nitrogens is 4. The van der Waals surface area contributed by atoms with Crippen LogP contribution < -0.4 is 0 Å². The molecule has 1 unspecified atom stereocenters. The largest absolute Gasteiger partial charge is 0.288 e. The van der Waals surface area contributed by atoms with Gasteiger partial charge in [0.2, 0.25) is 0 Å². The van der Waals surface area contributed by atoms with Gasteiger partial charge in [-0.25, -0.2) is 4.68 Å². The summed E-state index contributed by atoms with van der Waals surface area (Å²) < 4.78 is 2.00. The molecule has 0 bridgehead atoms. The first-order valence-corrected chi connectivity index (χ1v) is 9.83. The van der Waals surface area contributed by atoms with Crippen molar-refractivity contribution in [3.8, 4) is 0 Å². The van der Waals surface area contributed by atoms with Crippen molar-refractivity contribution in [1.82, 2.24) is 25.1 Å². The molecule has 2 heterocycles. The predicted octanol–water partition coefficient (Wildman–Crippen LogP) is 3.67. The zero-order valence-electron chi connectivity index (χ0n) is 16.1. The lowest BCUT2D eigenvalue weighted by atomic mass is 9.94. The maximum absolute atomic E-state index is 4.44. The Bertz CT molecular complexity index is 871. The summed E-state index contributed by atoms with van der Waals surface area (Å²) in [5, 5.41) is 12.8. The van der Waals surface area contributed by atoms with Gasteiger partial charge in [-0.05, 0) is 45.9 Å². The molecule has 5 nitrogen and oxygen atoms in total. The van der Waals surface area contributed by atoms with E-state index in [4.69, 9.17) is 0 Å². The van der Waals surface area contributed by atoms with E-state index < -0.39 is 0 Å². The average molecular weight is 361 g/mol. The van der Waals surface area contributed by atoms with Crippen LogP contribution in [0.2, 0.25) is 0 Å². The van der Waals surface area contributed by atoms with E-state index in [1.165, 1.54) is 16.7 Å². The summed E-state index contributed by atoms with van der Waals surface area (Å²) in [6.45, 7) is 7.35. The van der Waals surface area contributed by atoms with E-state index in [1.807, 2.05) is 4.68 Å². The van der Waals surface area contributed by atoms with Crippen molar-refractivity contribution in [3.63, 3.8) is 0 Å². The van der Waals surface area contributed by atoms with Crippen LogP contribution in [0.5, 0.6) is 0 Å². The van der Waals surface area contributed by atoms with Crippen LogP contribution >= 0.6 is 0 Å². The van der Waals surface area contributed by atoms with Gasteiger partial charge in [0.25, 0.3) is 0 Å². The SMILES string of the molecule is CC(C)C(c1nnnn1CCc1ccccc1)N1CCc2ccccc2C1. The molecule has 0 radical (unpaired) electrons. The molecule has 0 saturated heterocycles. The fourth-order valence-electron chi connectivity index (χ4n) is 4.10. The standard InChI is InChI=1S/C22H27N5/c1-17(2)21(26-14-13-19-10-6-7-11-20(19)16-26)22-23-24-25-27(22)15-12-18-8-4-3-5-9-18/h3-11,17,21H,12-16H2,1-2H3. The third-order valence-corrected chi connectivity index (χ3v) is 5.46. The second kappa shape index (κ2) is 8.01. The molecule has 0 aliphatic carbocycles. The number of hydrogen-bond acceptors (Lipinski definition) is 4. The van der Waals surface area contributed by atoms with Crippen LogP contribution in [0.4, 0.5) is 0 Å². The van der Waals surface area contributed by atoms with E-state index in [0.29, 0.717) is 5.92 Å². The first kappa shape index (κ1) is 17.9. The van der Waals surface area contributed by atoms with Crippen LogP contribution in [-0.2, 0) is 25.9 Å². The van der Waals surface area contributed by atoms with Crippen LogP contribution in [0, 0.1) is 5.92 Å². The van der Waals surface area contributed by atoms with E-state index in [0.717, 1.165) is 38.3 Å². The molecule has 0 spiro atoms. The fraction of sp³-hybridized carbons (Fsp3) is 0.409. The van der Waals surface area contributed by atoms with Crippen molar-refractivity contribution in [2.24, 2.45) is 5.92 Å². The quantitative estimate of drug-likeness (QED) is 0.672. The van der Waals surface area contributed by atoms with Gasteiger partial charge in [0.1, 0.15) is 0 Å². The summed E-state index contributed by atoms with van der Waals surface area (Å²) in [7, 11) is 0. The Balaban J connectivity index is 1.54. The lowest BCUT2D eigenvalue weighted by Gasteiger charge is -2.37. The number of aryl methyl sites for hydroxylation is 2. The van der Waals surface area contributed by atoms with Crippen LogP contribution in [0.15, 0.2) is 54.6 Å². The molecule has 140 valence electrons. The van der Waals surface area contributed by atoms with Crippen molar-refractivity contribution in [2.75, 3.05) is 6.54 Å². The van der Waals surface area contributed by atoms with Crippen molar-refractivity contribution in [1.29, 1.82) is 0 Å². The second-order valence-electron chi connectivity index (χ2n) is 7.67. The van der Waals surface area contributed by atoms with Gasteiger partial charge in [0, 0.05) is 19.6 Å². The zero-order chi connectivity index (χ0) is 18.6. The summed E-state index contributed by atoms with van der Waals surface area (Å²) >= 11 is 0. The third kappa shape index (κ3) is 3.93. The minimum atomic E-state index is 0.226. The Morgan fingerprint density at radius 3 is 2.48 bits per heavy atom. The highest BCUT2D eigenvalue weighted by molar-refractivity contribution is 5.29. The summed E-state index contributed by atoms with van der Waals surface area (Å²) in [6, 6.07) is 19.5. The Kier molecular flexibility index (Phi) is 5.30. The third-order valence-electron chi connectivity index (χ3n) is 5.46. The summed E-state index contributed by atoms with van der Waals surface area (Å²) in [6.07, 6.45) is 2.03. The Morgan fingerprint density at radius 2 is 1.70 bits per heavy atom. The molecular formula is C22H27N5. The van der Waals surface area contributed by atoms with Gasteiger partial charge in [-0.2, -0.15) is 0 Å². The first-order chi connectivity index (χ1) is 13.2. The van der Waals surface area contributed by atoms with Crippen LogP contribution in [-0.4, -0.2) is 31.7 Å². The molecule has 27 heavy (non-hydrogen) atoms. The molecular weight excluding hydrogens is 334 g/mol. The highest BCUT2D eigenvalue weighted by atomic mass is 15.5. The van der Waals surface area contributed by atoms with Crippen molar-refractivity contribution >= 4 is 0 Å². The predicted molar refractivity (Wildman–Crippen MR) is 106 cm³/mol. The topological polar surface area (TPSA) is 46.8 Å². The zero-order valence-corrected chi connectivity index (χ0v) is 16.1. The molecule has 0 N–H and O–H groups in total. The van der Waals surface area contributed by atoms with E-state index >= 15 is 0 Å². The van der Waals surface area contributed by atoms with Gasteiger partial charge in [-0.1, -0.05) is 68.4 Å². The number of fused-ring (bicyclic) bond motifs is 1. The number of rotatable bonds is 6. The van der Waals surface area contributed by atoms with Crippen molar-refractivity contribution < 1.29 is 0 Å². The van der Waals surface area contributed by atoms with E-state index in [2.05, 4.69) is 88.9 Å². The van der Waals surface area contributed by atoms with E-state index in [1.54, 1.807) is 0 Å². The maximum atomic E-state index is 4.44. The molecule has 3 aromatic rings. The lowest BCUT2D eigenvalue weighted by molar-refractivity contribution is 0.128. The van der Waals surface area contributed by atoms with E-state index in [-0.39, 0.29) is 6.04 Å². The molecule has 1 aliphatic heterocycles. The number of benzene rings is 2. The molecule has 0 fully saturated rings. The molecule has 0 amide bonds. The summed E-state index contributed by atoms with van der Waals surface area (Å²) in [5.74, 6) is 1.43. The Hall–Kier alpha value is -2.53. The van der Waals surface area contributed by atoms with Crippen LogP contribution in [0.3, 0.4) is 0 Å². The smallest absolute Gasteiger partial charge is 0.168 e. The van der Waals surface area contributed by atoms with Gasteiger partial charge < -0.3 is 0 Å². The van der Waals surface area contributed by atoms with Gasteiger partial charge in [0.15, 0.2) is 5.82 Å². The highest BCUT2D eigenvalue weighted by Crippen LogP contribution is 2.31. The highest BCUT2D eigenvalue weighted by Gasteiger charge is 2.31. The number of nitrogens with zero attached hydrogens (tertiary/aromatic N) is 5. The molecule has 5 heteroatoms. The maximum Gasteiger partial charge on any atom is 0.168 e. The number of hydrogen-bond donors (Lipinski definition) is 0.